The summed E-state index contributed by atoms with van der Waals surface area (Å²) in [6, 6.07) is 12.5. The first kappa shape index (κ1) is 19.7. The Morgan fingerprint density at radius 2 is 1.97 bits per heavy atom. The third-order valence-corrected chi connectivity index (χ3v) is 5.91. The van der Waals surface area contributed by atoms with E-state index in [1.807, 2.05) is 25.3 Å². The number of anilines is 1. The van der Waals surface area contributed by atoms with Gasteiger partial charge in [0, 0.05) is 53.0 Å². The fraction of sp³-hybridized carbons (Fsp3) is 0.304. The van der Waals surface area contributed by atoms with E-state index in [0.29, 0.717) is 34.1 Å². The number of hydrogen-bond donors (Lipinski definition) is 1. The van der Waals surface area contributed by atoms with Crippen LogP contribution in [0.4, 0.5) is 5.69 Å². The number of halogens is 1. The molecule has 29 heavy (non-hydrogen) atoms. The Hall–Kier alpha value is -2.63. The van der Waals surface area contributed by atoms with Crippen molar-refractivity contribution >= 4 is 34.0 Å². The predicted molar refractivity (Wildman–Crippen MR) is 116 cm³/mol. The van der Waals surface area contributed by atoms with Crippen molar-refractivity contribution in [1.82, 2.24) is 4.57 Å². The topological polar surface area (TPSA) is 60.3 Å². The van der Waals surface area contributed by atoms with Gasteiger partial charge in [0.2, 0.25) is 0 Å². The largest absolute Gasteiger partial charge is 0.381 e. The smallest absolute Gasteiger partial charge is 0.258 e. The number of fused-ring (bicyclic) bond motifs is 1. The maximum absolute atomic E-state index is 13.0. The summed E-state index contributed by atoms with van der Waals surface area (Å²) in [5, 5.41) is 4.89. The molecule has 2 heterocycles. The fourth-order valence-electron chi connectivity index (χ4n) is 3.76. The Morgan fingerprint density at radius 3 is 2.72 bits per heavy atom. The summed E-state index contributed by atoms with van der Waals surface area (Å²) < 4.78 is 7.18. The summed E-state index contributed by atoms with van der Waals surface area (Å²) in [6.45, 7) is 4.07. The van der Waals surface area contributed by atoms with Crippen molar-refractivity contribution in [2.24, 2.45) is 5.92 Å². The first-order valence-corrected chi connectivity index (χ1v) is 10.2. The highest BCUT2D eigenvalue weighted by Gasteiger charge is 2.16. The number of carbonyl (C=O) groups excluding carboxylic acids is 1. The van der Waals surface area contributed by atoms with Gasteiger partial charge in [0.1, 0.15) is 0 Å². The Kier molecular flexibility index (Phi) is 5.69. The van der Waals surface area contributed by atoms with Crippen molar-refractivity contribution in [2.75, 3.05) is 18.5 Å². The lowest BCUT2D eigenvalue weighted by Crippen LogP contribution is -2.27. The van der Waals surface area contributed by atoms with Crippen LogP contribution in [0.25, 0.3) is 10.8 Å². The summed E-state index contributed by atoms with van der Waals surface area (Å²) in [5.74, 6) is 0.221. The molecule has 3 aromatic rings. The van der Waals surface area contributed by atoms with E-state index in [1.54, 1.807) is 34.9 Å². The molecular formula is C23H23ClN2O3. The molecule has 1 aromatic heterocycles. The number of nitrogens with zero attached hydrogens (tertiary/aromatic N) is 1. The number of ether oxygens (including phenoxy) is 1. The van der Waals surface area contributed by atoms with Crippen LogP contribution in [0.15, 0.2) is 53.5 Å². The molecule has 0 atom stereocenters. The minimum atomic E-state index is -0.233. The maximum atomic E-state index is 13.0. The van der Waals surface area contributed by atoms with Crippen LogP contribution in [0.5, 0.6) is 0 Å². The molecule has 4 rings (SSSR count). The summed E-state index contributed by atoms with van der Waals surface area (Å²) in [5.41, 5.74) is 1.95. The summed E-state index contributed by atoms with van der Waals surface area (Å²) in [4.78, 5) is 25.7. The van der Waals surface area contributed by atoms with Gasteiger partial charge < -0.3 is 14.6 Å². The van der Waals surface area contributed by atoms with Crippen LogP contribution in [0.3, 0.4) is 0 Å². The monoisotopic (exact) mass is 410 g/mol. The maximum Gasteiger partial charge on any atom is 0.258 e. The molecule has 5 nitrogen and oxygen atoms in total. The van der Waals surface area contributed by atoms with Gasteiger partial charge in [-0.25, -0.2) is 0 Å². The Labute approximate surface area is 174 Å². The molecule has 1 aliphatic heterocycles. The fourth-order valence-corrected chi connectivity index (χ4v) is 3.88. The zero-order chi connectivity index (χ0) is 20.4. The van der Waals surface area contributed by atoms with E-state index in [0.717, 1.165) is 37.0 Å². The van der Waals surface area contributed by atoms with Crippen LogP contribution in [-0.2, 0) is 11.3 Å². The number of pyridine rings is 1. The van der Waals surface area contributed by atoms with Crippen molar-refractivity contribution in [3.05, 3.63) is 75.2 Å². The van der Waals surface area contributed by atoms with E-state index in [4.69, 9.17) is 16.3 Å². The van der Waals surface area contributed by atoms with Crippen LogP contribution in [0.2, 0.25) is 5.02 Å². The van der Waals surface area contributed by atoms with E-state index in [1.165, 1.54) is 0 Å². The number of benzene rings is 2. The second kappa shape index (κ2) is 8.39. The molecule has 0 unspecified atom stereocenters. The van der Waals surface area contributed by atoms with Crippen molar-refractivity contribution in [3.8, 4) is 0 Å². The highest BCUT2D eigenvalue weighted by molar-refractivity contribution is 6.31. The zero-order valence-corrected chi connectivity index (χ0v) is 17.0. The van der Waals surface area contributed by atoms with Gasteiger partial charge in [-0.05, 0) is 67.6 Å². The van der Waals surface area contributed by atoms with Gasteiger partial charge in [-0.15, -0.1) is 0 Å². The molecule has 1 aliphatic rings. The third-order valence-electron chi connectivity index (χ3n) is 5.48. The van der Waals surface area contributed by atoms with Crippen LogP contribution < -0.4 is 10.9 Å². The van der Waals surface area contributed by atoms with E-state index >= 15 is 0 Å². The predicted octanol–water partition coefficient (Wildman–Crippen LogP) is 4.64. The molecule has 2 aromatic carbocycles. The van der Waals surface area contributed by atoms with E-state index in [2.05, 4.69) is 5.32 Å². The van der Waals surface area contributed by atoms with Gasteiger partial charge >= 0.3 is 0 Å². The van der Waals surface area contributed by atoms with Crippen LogP contribution >= 0.6 is 11.6 Å². The van der Waals surface area contributed by atoms with Gasteiger partial charge in [-0.1, -0.05) is 17.7 Å². The van der Waals surface area contributed by atoms with Gasteiger partial charge in [0.15, 0.2) is 0 Å². The molecule has 0 radical (unpaired) electrons. The van der Waals surface area contributed by atoms with E-state index in [9.17, 15) is 9.59 Å². The lowest BCUT2D eigenvalue weighted by Gasteiger charge is -2.23. The molecule has 1 fully saturated rings. The van der Waals surface area contributed by atoms with Gasteiger partial charge in [0.05, 0.1) is 0 Å². The van der Waals surface area contributed by atoms with Crippen molar-refractivity contribution in [3.63, 3.8) is 0 Å². The minimum Gasteiger partial charge on any atom is -0.381 e. The second-order valence-corrected chi connectivity index (χ2v) is 7.92. The lowest BCUT2D eigenvalue weighted by atomic mass is 10.00. The number of aromatic nitrogens is 1. The number of hydrogen-bond acceptors (Lipinski definition) is 3. The van der Waals surface area contributed by atoms with Crippen molar-refractivity contribution in [1.29, 1.82) is 0 Å². The zero-order valence-electron chi connectivity index (χ0n) is 16.3. The number of rotatable bonds is 4. The summed E-state index contributed by atoms with van der Waals surface area (Å²) in [6.07, 6.45) is 3.77. The van der Waals surface area contributed by atoms with Crippen LogP contribution in [0.1, 0.15) is 28.8 Å². The standard InChI is InChI=1S/C23H23ClN2O3/c1-15-13-17(5-6-20(15)24)22(27)25-21-4-2-3-19-18(21)7-10-26(23(19)28)14-16-8-11-29-12-9-16/h2-7,10,13,16H,8-9,11-12,14H2,1H3,(H,25,27). The number of nitrogens with one attached hydrogen (secondary N) is 1. The van der Waals surface area contributed by atoms with Crippen molar-refractivity contribution < 1.29 is 9.53 Å². The quantitative estimate of drug-likeness (QED) is 0.681. The molecule has 1 saturated heterocycles. The minimum absolute atomic E-state index is 0.0348. The lowest BCUT2D eigenvalue weighted by molar-refractivity contribution is 0.0610. The van der Waals surface area contributed by atoms with E-state index < -0.39 is 0 Å². The highest BCUT2D eigenvalue weighted by atomic mass is 35.5. The first-order valence-electron chi connectivity index (χ1n) is 9.80. The first-order chi connectivity index (χ1) is 14.0. The molecule has 1 N–H and O–H groups in total. The average Bonchev–Trinajstić information content (AvgIpc) is 2.73. The molecule has 1 amide bonds. The molecule has 0 bridgehead atoms. The van der Waals surface area contributed by atoms with Crippen molar-refractivity contribution in [2.45, 2.75) is 26.3 Å². The highest BCUT2D eigenvalue weighted by Crippen LogP contribution is 2.23. The normalized spacial score (nSPS) is 14.8. The van der Waals surface area contributed by atoms with E-state index in [-0.39, 0.29) is 11.5 Å². The van der Waals surface area contributed by atoms with Gasteiger partial charge in [0.25, 0.3) is 11.5 Å². The Morgan fingerprint density at radius 1 is 1.17 bits per heavy atom. The molecule has 150 valence electrons. The Balaban J connectivity index is 1.62. The molecule has 0 saturated carbocycles. The molecule has 0 spiro atoms. The number of aryl methyl sites for hydroxylation is 1. The van der Waals surface area contributed by atoms with Gasteiger partial charge in [-0.3, -0.25) is 9.59 Å². The average molecular weight is 411 g/mol. The van der Waals surface area contributed by atoms with Gasteiger partial charge in [-0.2, -0.15) is 0 Å². The Bertz CT molecular complexity index is 1120. The molecule has 0 aliphatic carbocycles. The second-order valence-electron chi connectivity index (χ2n) is 7.51. The summed E-state index contributed by atoms with van der Waals surface area (Å²) >= 11 is 6.05. The molecule has 6 heteroatoms. The van der Waals surface area contributed by atoms with Crippen LogP contribution in [-0.4, -0.2) is 23.7 Å². The van der Waals surface area contributed by atoms with Crippen LogP contribution in [0, 0.1) is 12.8 Å². The number of amides is 1. The molecular weight excluding hydrogens is 388 g/mol. The third kappa shape index (κ3) is 4.21. The number of carbonyl (C=O) groups is 1. The summed E-state index contributed by atoms with van der Waals surface area (Å²) in [7, 11) is 0. The SMILES string of the molecule is Cc1cc(C(=O)Nc2cccc3c(=O)n(CC4CCOCC4)ccc23)ccc1Cl.